The van der Waals surface area contributed by atoms with Crippen LogP contribution in [0.5, 0.6) is 0 Å². The van der Waals surface area contributed by atoms with E-state index >= 15 is 0 Å². The lowest BCUT2D eigenvalue weighted by molar-refractivity contribution is -0.170. The smallest absolute Gasteiger partial charge is 0.334 e. The molecule has 0 aliphatic heterocycles. The third-order valence-electron chi connectivity index (χ3n) is 6.27. The minimum Gasteiger partial charge on any atom is -0.447 e. The van der Waals surface area contributed by atoms with E-state index in [0.717, 1.165) is 12.0 Å². The van der Waals surface area contributed by atoms with Gasteiger partial charge in [0.25, 0.3) is 0 Å². The SMILES string of the molecule is C/C=C(/C)C(=O)O[C@H]1C=C(C)[C@@]2(O)C[C@H](C(C)C)CC[C@@]2(C)C1=O. The zero-order valence-electron chi connectivity index (χ0n) is 15.7. The fourth-order valence-corrected chi connectivity index (χ4v) is 4.05. The van der Waals surface area contributed by atoms with Crippen molar-refractivity contribution in [2.24, 2.45) is 17.3 Å². The Hall–Kier alpha value is -1.42. The molecule has 0 unspecified atom stereocenters. The van der Waals surface area contributed by atoms with E-state index in [1.807, 2.05) is 13.8 Å². The zero-order chi connectivity index (χ0) is 18.3. The molecular weight excluding hydrogens is 304 g/mol. The van der Waals surface area contributed by atoms with Crippen LogP contribution in [0, 0.1) is 17.3 Å². The molecule has 1 N–H and O–H groups in total. The molecule has 0 spiro atoms. The average Bonchev–Trinajstić information content (AvgIpc) is 2.53. The molecule has 1 fully saturated rings. The second kappa shape index (κ2) is 6.47. The summed E-state index contributed by atoms with van der Waals surface area (Å²) in [5.74, 6) is 0.192. The van der Waals surface area contributed by atoms with E-state index < -0.39 is 23.1 Å². The van der Waals surface area contributed by atoms with Gasteiger partial charge in [-0.15, -0.1) is 0 Å². The number of hydrogen-bond acceptors (Lipinski definition) is 4. The summed E-state index contributed by atoms with van der Waals surface area (Å²) in [6.45, 7) is 11.4. The highest BCUT2D eigenvalue weighted by Gasteiger charge is 2.60. The molecule has 2 aliphatic rings. The van der Waals surface area contributed by atoms with E-state index in [1.165, 1.54) is 0 Å². The van der Waals surface area contributed by atoms with Gasteiger partial charge in [-0.05, 0) is 70.4 Å². The van der Waals surface area contributed by atoms with Gasteiger partial charge >= 0.3 is 5.97 Å². The Labute approximate surface area is 145 Å². The third-order valence-corrected chi connectivity index (χ3v) is 6.27. The highest BCUT2D eigenvalue weighted by molar-refractivity contribution is 5.97. The van der Waals surface area contributed by atoms with Crippen LogP contribution in [0.4, 0.5) is 0 Å². The Morgan fingerprint density at radius 3 is 2.62 bits per heavy atom. The Bertz CT molecular complexity index is 601. The van der Waals surface area contributed by atoms with Gasteiger partial charge in [-0.25, -0.2) is 4.79 Å². The molecule has 134 valence electrons. The van der Waals surface area contributed by atoms with Gasteiger partial charge in [0, 0.05) is 5.57 Å². The molecule has 2 aliphatic carbocycles. The van der Waals surface area contributed by atoms with Crippen LogP contribution < -0.4 is 0 Å². The van der Waals surface area contributed by atoms with Crippen LogP contribution in [0.15, 0.2) is 23.3 Å². The first kappa shape index (κ1) is 18.9. The van der Waals surface area contributed by atoms with E-state index in [9.17, 15) is 14.7 Å². The standard InChI is InChI=1S/C20H30O4/c1-7-13(4)18(22)24-16-10-14(5)20(23)11-15(12(2)3)8-9-19(20,6)17(16)21/h7,10,12,15-16,23H,8-9,11H2,1-6H3/b13-7-/t15-,16+,19+,20+/m1/s1. The molecular formula is C20H30O4. The number of fused-ring (bicyclic) bond motifs is 1. The molecule has 2 rings (SSSR count). The lowest BCUT2D eigenvalue weighted by atomic mass is 9.53. The summed E-state index contributed by atoms with van der Waals surface area (Å²) in [6, 6.07) is 0. The Morgan fingerprint density at radius 1 is 1.46 bits per heavy atom. The van der Waals surface area contributed by atoms with Crippen molar-refractivity contribution < 1.29 is 19.4 Å². The Kier molecular flexibility index (Phi) is 5.10. The summed E-state index contributed by atoms with van der Waals surface area (Å²) in [6.07, 6.45) is 4.50. The summed E-state index contributed by atoms with van der Waals surface area (Å²) < 4.78 is 5.42. The molecule has 0 radical (unpaired) electrons. The number of hydrogen-bond donors (Lipinski definition) is 1. The molecule has 0 bridgehead atoms. The predicted octanol–water partition coefficient (Wildman–Crippen LogP) is 3.59. The van der Waals surface area contributed by atoms with Crippen molar-refractivity contribution in [3.8, 4) is 0 Å². The molecule has 24 heavy (non-hydrogen) atoms. The average molecular weight is 334 g/mol. The number of esters is 1. The van der Waals surface area contributed by atoms with Crippen LogP contribution in [-0.2, 0) is 14.3 Å². The Morgan fingerprint density at radius 2 is 2.08 bits per heavy atom. The summed E-state index contributed by atoms with van der Waals surface area (Å²) in [7, 11) is 0. The molecule has 4 heteroatoms. The van der Waals surface area contributed by atoms with Crippen molar-refractivity contribution in [1.29, 1.82) is 0 Å². The van der Waals surface area contributed by atoms with E-state index in [2.05, 4.69) is 13.8 Å². The lowest BCUT2D eigenvalue weighted by Crippen LogP contribution is -2.61. The first-order chi connectivity index (χ1) is 11.1. The van der Waals surface area contributed by atoms with Crippen LogP contribution in [0.3, 0.4) is 0 Å². The lowest BCUT2D eigenvalue weighted by Gasteiger charge is -2.54. The zero-order valence-corrected chi connectivity index (χ0v) is 15.7. The number of ketones is 1. The first-order valence-corrected chi connectivity index (χ1v) is 8.86. The van der Waals surface area contributed by atoms with Gasteiger partial charge in [-0.3, -0.25) is 4.79 Å². The van der Waals surface area contributed by atoms with Crippen LogP contribution in [0.1, 0.15) is 60.8 Å². The van der Waals surface area contributed by atoms with Crippen LogP contribution in [0.2, 0.25) is 0 Å². The van der Waals surface area contributed by atoms with E-state index in [-0.39, 0.29) is 5.78 Å². The fraction of sp³-hybridized carbons (Fsp3) is 0.700. The second-order valence-electron chi connectivity index (χ2n) is 7.95. The van der Waals surface area contributed by atoms with Gasteiger partial charge in [0.15, 0.2) is 11.9 Å². The molecule has 1 saturated carbocycles. The number of aliphatic hydroxyl groups is 1. The minimum absolute atomic E-state index is 0.185. The fourth-order valence-electron chi connectivity index (χ4n) is 4.05. The van der Waals surface area contributed by atoms with Crippen molar-refractivity contribution in [2.45, 2.75) is 72.5 Å². The number of allylic oxidation sites excluding steroid dienone is 1. The summed E-state index contributed by atoms with van der Waals surface area (Å²) in [4.78, 5) is 25.1. The molecule has 0 saturated heterocycles. The number of ether oxygens (including phenoxy) is 1. The van der Waals surface area contributed by atoms with Crippen molar-refractivity contribution in [3.63, 3.8) is 0 Å². The van der Waals surface area contributed by atoms with Gasteiger partial charge in [-0.1, -0.05) is 19.9 Å². The van der Waals surface area contributed by atoms with Crippen molar-refractivity contribution >= 4 is 11.8 Å². The minimum atomic E-state index is -1.14. The monoisotopic (exact) mass is 334 g/mol. The van der Waals surface area contributed by atoms with Gasteiger partial charge in [0.2, 0.25) is 0 Å². The number of rotatable bonds is 3. The maximum Gasteiger partial charge on any atom is 0.334 e. The van der Waals surface area contributed by atoms with E-state index in [4.69, 9.17) is 4.74 Å². The van der Waals surface area contributed by atoms with Crippen molar-refractivity contribution in [1.82, 2.24) is 0 Å². The van der Waals surface area contributed by atoms with Gasteiger partial charge in [0.05, 0.1) is 11.0 Å². The molecule has 4 nitrogen and oxygen atoms in total. The van der Waals surface area contributed by atoms with Crippen LogP contribution in [0.25, 0.3) is 0 Å². The molecule has 0 amide bonds. The summed E-state index contributed by atoms with van der Waals surface area (Å²) >= 11 is 0. The molecule has 0 aromatic rings. The second-order valence-corrected chi connectivity index (χ2v) is 7.95. The number of carbonyl (C=O) groups is 2. The molecule has 4 atom stereocenters. The maximum atomic E-state index is 13.1. The highest BCUT2D eigenvalue weighted by Crippen LogP contribution is 2.54. The van der Waals surface area contributed by atoms with Gasteiger partial charge in [-0.2, -0.15) is 0 Å². The third kappa shape index (κ3) is 2.85. The quantitative estimate of drug-likeness (QED) is 0.487. The largest absolute Gasteiger partial charge is 0.447 e. The number of carbonyl (C=O) groups excluding carboxylic acids is 2. The van der Waals surface area contributed by atoms with E-state index in [1.54, 1.807) is 26.0 Å². The van der Waals surface area contributed by atoms with Crippen molar-refractivity contribution in [3.05, 3.63) is 23.3 Å². The van der Waals surface area contributed by atoms with Crippen LogP contribution in [-0.4, -0.2) is 28.6 Å². The topological polar surface area (TPSA) is 63.6 Å². The molecule has 0 heterocycles. The highest BCUT2D eigenvalue weighted by atomic mass is 16.5. The molecule has 0 aromatic carbocycles. The van der Waals surface area contributed by atoms with E-state index in [0.29, 0.717) is 30.3 Å². The predicted molar refractivity (Wildman–Crippen MR) is 93.3 cm³/mol. The summed E-state index contributed by atoms with van der Waals surface area (Å²) in [5, 5.41) is 11.4. The van der Waals surface area contributed by atoms with Gasteiger partial charge in [0.1, 0.15) is 0 Å². The van der Waals surface area contributed by atoms with Crippen molar-refractivity contribution in [2.75, 3.05) is 0 Å². The normalized spacial score (nSPS) is 37.1. The van der Waals surface area contributed by atoms with Crippen LogP contribution >= 0.6 is 0 Å². The maximum absolute atomic E-state index is 13.1. The number of Topliss-reactive ketones (excluding diaryl/α,β-unsaturated/α-hetero) is 1. The Balaban J connectivity index is 2.36. The molecule has 0 aromatic heterocycles. The van der Waals surface area contributed by atoms with Gasteiger partial charge < -0.3 is 9.84 Å². The first-order valence-electron chi connectivity index (χ1n) is 8.86. The summed E-state index contributed by atoms with van der Waals surface area (Å²) in [5.41, 5.74) is -0.823.